The average molecular weight is 305 g/mol. The summed E-state index contributed by atoms with van der Waals surface area (Å²) in [4.78, 5) is 0. The minimum atomic E-state index is -3.36. The Hall–Kier alpha value is -0.590. The van der Waals surface area contributed by atoms with Gasteiger partial charge in [0.15, 0.2) is 0 Å². The number of anilines is 1. The largest absolute Gasteiger partial charge is 0.301 e. The van der Waals surface area contributed by atoms with Gasteiger partial charge in [0.1, 0.15) is 0 Å². The average Bonchev–Trinajstić information content (AvgIpc) is 2.19. The van der Waals surface area contributed by atoms with Crippen molar-refractivity contribution in [2.24, 2.45) is 0 Å². The van der Waals surface area contributed by atoms with Gasteiger partial charge >= 0.3 is 10.2 Å². The van der Waals surface area contributed by atoms with Crippen molar-refractivity contribution in [1.82, 2.24) is 4.72 Å². The normalized spacial score (nSPS) is 19.8. The maximum absolute atomic E-state index is 11.8. The molecule has 0 bridgehead atoms. The third-order valence-corrected chi connectivity index (χ3v) is 4.65. The Morgan fingerprint density at radius 3 is 2.81 bits per heavy atom. The topological polar surface area (TPSA) is 49.4 Å². The summed E-state index contributed by atoms with van der Waals surface area (Å²) in [6.45, 7) is 3.01. The highest BCUT2D eigenvalue weighted by atomic mass is 79.9. The van der Waals surface area contributed by atoms with Gasteiger partial charge in [-0.3, -0.25) is 4.31 Å². The highest BCUT2D eigenvalue weighted by Crippen LogP contribution is 2.29. The van der Waals surface area contributed by atoms with E-state index in [1.807, 2.05) is 25.1 Å². The molecule has 0 atom stereocenters. The number of halogens is 1. The molecular weight excluding hydrogens is 292 g/mol. The van der Waals surface area contributed by atoms with Gasteiger partial charge in [-0.05, 0) is 47.0 Å². The van der Waals surface area contributed by atoms with Crippen LogP contribution < -0.4 is 9.03 Å². The van der Waals surface area contributed by atoms with E-state index in [1.165, 1.54) is 4.31 Å². The maximum atomic E-state index is 11.8. The van der Waals surface area contributed by atoms with Gasteiger partial charge < -0.3 is 0 Å². The van der Waals surface area contributed by atoms with Gasteiger partial charge in [0, 0.05) is 17.6 Å². The van der Waals surface area contributed by atoms with Crippen molar-refractivity contribution in [3.05, 3.63) is 28.2 Å². The molecule has 1 aromatic carbocycles. The lowest BCUT2D eigenvalue weighted by atomic mass is 10.2. The molecule has 1 N–H and O–H groups in total. The highest BCUT2D eigenvalue weighted by Gasteiger charge is 2.26. The lowest BCUT2D eigenvalue weighted by molar-refractivity contribution is 0.560. The van der Waals surface area contributed by atoms with Crippen LogP contribution in [-0.2, 0) is 10.2 Å². The predicted molar refractivity (Wildman–Crippen MR) is 67.8 cm³/mol. The van der Waals surface area contributed by atoms with E-state index in [1.54, 1.807) is 0 Å². The molecule has 0 aliphatic carbocycles. The van der Waals surface area contributed by atoms with Gasteiger partial charge in [-0.15, -0.1) is 0 Å². The summed E-state index contributed by atoms with van der Waals surface area (Å²) in [6.07, 6.45) is 0.819. The molecule has 4 nitrogen and oxygen atoms in total. The maximum Gasteiger partial charge on any atom is 0.301 e. The minimum Gasteiger partial charge on any atom is -0.257 e. The Bertz CT molecular complexity index is 502. The van der Waals surface area contributed by atoms with Crippen molar-refractivity contribution in [1.29, 1.82) is 0 Å². The van der Waals surface area contributed by atoms with Gasteiger partial charge in [-0.1, -0.05) is 6.07 Å². The fourth-order valence-corrected chi connectivity index (χ4v) is 3.86. The summed E-state index contributed by atoms with van der Waals surface area (Å²) in [5, 5.41) is 0. The SMILES string of the molecule is Cc1ccc(N2CCCNS2(=O)=O)c(Br)c1. The summed E-state index contributed by atoms with van der Waals surface area (Å²) >= 11 is 3.40. The van der Waals surface area contributed by atoms with Crippen molar-refractivity contribution in [2.75, 3.05) is 17.4 Å². The van der Waals surface area contributed by atoms with Crippen LogP contribution in [0.5, 0.6) is 0 Å². The first-order chi connectivity index (χ1) is 7.50. The number of hydrogen-bond acceptors (Lipinski definition) is 2. The Morgan fingerprint density at radius 1 is 1.44 bits per heavy atom. The molecule has 0 radical (unpaired) electrons. The smallest absolute Gasteiger partial charge is 0.257 e. The second-order valence-electron chi connectivity index (χ2n) is 3.78. The van der Waals surface area contributed by atoms with Crippen LogP contribution in [0.15, 0.2) is 22.7 Å². The number of nitrogens with zero attached hydrogens (tertiary/aromatic N) is 1. The Kier molecular flexibility index (Phi) is 3.23. The number of nitrogens with one attached hydrogen (secondary N) is 1. The zero-order chi connectivity index (χ0) is 11.8. The second-order valence-corrected chi connectivity index (χ2v) is 6.31. The molecule has 88 valence electrons. The van der Waals surface area contributed by atoms with Gasteiger partial charge in [0.05, 0.1) is 5.69 Å². The van der Waals surface area contributed by atoms with Gasteiger partial charge in [0.25, 0.3) is 0 Å². The molecule has 2 rings (SSSR count). The molecule has 0 saturated carbocycles. The van der Waals surface area contributed by atoms with E-state index < -0.39 is 10.2 Å². The Balaban J connectivity index is 2.43. The van der Waals surface area contributed by atoms with E-state index in [2.05, 4.69) is 20.7 Å². The first-order valence-corrected chi connectivity index (χ1v) is 7.27. The fraction of sp³-hybridized carbons (Fsp3) is 0.400. The van der Waals surface area contributed by atoms with Crippen molar-refractivity contribution < 1.29 is 8.42 Å². The third-order valence-electron chi connectivity index (χ3n) is 2.48. The minimum absolute atomic E-state index is 0.516. The van der Waals surface area contributed by atoms with Crippen LogP contribution in [0.2, 0.25) is 0 Å². The summed E-state index contributed by atoms with van der Waals surface area (Å²) in [6, 6.07) is 5.65. The number of rotatable bonds is 1. The van der Waals surface area contributed by atoms with E-state index in [4.69, 9.17) is 0 Å². The summed E-state index contributed by atoms with van der Waals surface area (Å²) < 4.78 is 28.4. The van der Waals surface area contributed by atoms with Crippen molar-refractivity contribution in [3.8, 4) is 0 Å². The van der Waals surface area contributed by atoms with Crippen LogP contribution in [0.3, 0.4) is 0 Å². The molecular formula is C10H13BrN2O2S. The predicted octanol–water partition coefficient (Wildman–Crippen LogP) is 1.80. The molecule has 0 spiro atoms. The fourth-order valence-electron chi connectivity index (χ4n) is 1.69. The third kappa shape index (κ3) is 2.23. The first-order valence-electron chi connectivity index (χ1n) is 5.04. The first kappa shape index (κ1) is 11.9. The lowest BCUT2D eigenvalue weighted by Gasteiger charge is -2.29. The van der Waals surface area contributed by atoms with Crippen LogP contribution in [0.1, 0.15) is 12.0 Å². The van der Waals surface area contributed by atoms with E-state index in [0.29, 0.717) is 18.8 Å². The highest BCUT2D eigenvalue weighted by molar-refractivity contribution is 9.10. The van der Waals surface area contributed by atoms with E-state index in [-0.39, 0.29) is 0 Å². The van der Waals surface area contributed by atoms with Gasteiger partial charge in [-0.2, -0.15) is 13.1 Å². The van der Waals surface area contributed by atoms with Crippen molar-refractivity contribution in [3.63, 3.8) is 0 Å². The standard InChI is InChI=1S/C10H13BrN2O2S/c1-8-3-4-10(9(11)7-8)13-6-2-5-12-16(13,14)15/h3-4,7,12H,2,5-6H2,1H3. The van der Waals surface area contributed by atoms with Crippen LogP contribution in [-0.4, -0.2) is 21.5 Å². The number of aryl methyl sites for hydroxylation is 1. The van der Waals surface area contributed by atoms with E-state index in [0.717, 1.165) is 16.5 Å². The molecule has 16 heavy (non-hydrogen) atoms. The van der Waals surface area contributed by atoms with Crippen LogP contribution in [0.4, 0.5) is 5.69 Å². The van der Waals surface area contributed by atoms with Gasteiger partial charge in [-0.25, -0.2) is 0 Å². The molecule has 0 amide bonds. The molecule has 6 heteroatoms. The zero-order valence-electron chi connectivity index (χ0n) is 8.90. The van der Waals surface area contributed by atoms with Crippen LogP contribution in [0, 0.1) is 6.92 Å². The molecule has 0 aromatic heterocycles. The monoisotopic (exact) mass is 304 g/mol. The van der Waals surface area contributed by atoms with Crippen LogP contribution in [0.25, 0.3) is 0 Å². The Morgan fingerprint density at radius 2 is 2.19 bits per heavy atom. The summed E-state index contributed by atoms with van der Waals surface area (Å²) in [5.41, 5.74) is 1.79. The van der Waals surface area contributed by atoms with Crippen molar-refractivity contribution >= 4 is 31.8 Å². The summed E-state index contributed by atoms with van der Waals surface area (Å²) in [5.74, 6) is 0. The summed E-state index contributed by atoms with van der Waals surface area (Å²) in [7, 11) is -3.36. The molecule has 1 saturated heterocycles. The molecule has 0 unspecified atom stereocenters. The zero-order valence-corrected chi connectivity index (χ0v) is 11.3. The number of benzene rings is 1. The number of hydrogen-bond donors (Lipinski definition) is 1. The lowest BCUT2D eigenvalue weighted by Crippen LogP contribution is -2.47. The Labute approximate surface area is 104 Å². The molecule has 1 aromatic rings. The second kappa shape index (κ2) is 4.35. The quantitative estimate of drug-likeness (QED) is 0.860. The van der Waals surface area contributed by atoms with Crippen molar-refractivity contribution in [2.45, 2.75) is 13.3 Å². The molecule has 1 aliphatic heterocycles. The molecule has 1 aliphatic rings. The van der Waals surface area contributed by atoms with Crippen LogP contribution >= 0.6 is 15.9 Å². The van der Waals surface area contributed by atoms with E-state index >= 15 is 0 Å². The van der Waals surface area contributed by atoms with E-state index in [9.17, 15) is 8.42 Å². The molecule has 1 heterocycles. The van der Waals surface area contributed by atoms with Gasteiger partial charge in [0.2, 0.25) is 0 Å². The molecule has 1 fully saturated rings.